The molecule has 1 aliphatic rings. The number of carbonyl (C=O) groups excluding carboxylic acids is 2. The molecule has 2 amide bonds. The number of rotatable bonds is 5. The molecule has 0 bridgehead atoms. The van der Waals surface area contributed by atoms with E-state index in [9.17, 15) is 9.59 Å². The van der Waals surface area contributed by atoms with Gasteiger partial charge in [-0.2, -0.15) is 0 Å². The first-order valence-corrected chi connectivity index (χ1v) is 9.09. The van der Waals surface area contributed by atoms with E-state index < -0.39 is 5.41 Å². The Balaban J connectivity index is 1.85. The maximum atomic E-state index is 12.9. The molecule has 3 rings (SSSR count). The molecule has 1 fully saturated rings. The number of hydrogen-bond donors (Lipinski definition) is 1. The number of carbonyl (C=O) groups is 2. The summed E-state index contributed by atoms with van der Waals surface area (Å²) in [4.78, 5) is 26.5. The number of likely N-dealkylation sites (tertiary alicyclic amines) is 1. The van der Waals surface area contributed by atoms with Crippen LogP contribution in [0.2, 0.25) is 0 Å². The third-order valence-electron chi connectivity index (χ3n) is 4.98. The van der Waals surface area contributed by atoms with E-state index in [0.29, 0.717) is 31.8 Å². The van der Waals surface area contributed by atoms with Crippen LogP contribution in [0.4, 0.5) is 0 Å². The minimum atomic E-state index is -0.673. The minimum absolute atomic E-state index is 0.000850. The van der Waals surface area contributed by atoms with Crippen molar-refractivity contribution in [3.8, 4) is 11.3 Å². The number of piperidine rings is 1. The Morgan fingerprint density at radius 2 is 2.08 bits per heavy atom. The van der Waals surface area contributed by atoms with Gasteiger partial charge < -0.3 is 14.7 Å². The van der Waals surface area contributed by atoms with Gasteiger partial charge >= 0.3 is 0 Å². The molecule has 26 heavy (non-hydrogen) atoms. The highest BCUT2D eigenvalue weighted by Gasteiger charge is 2.43. The monoisotopic (exact) mass is 355 g/mol. The number of hydrogen-bond acceptors (Lipinski definition) is 4. The van der Waals surface area contributed by atoms with Crippen LogP contribution in [0.25, 0.3) is 11.3 Å². The van der Waals surface area contributed by atoms with Crippen LogP contribution in [-0.4, -0.2) is 41.5 Å². The zero-order valence-corrected chi connectivity index (χ0v) is 15.3. The van der Waals surface area contributed by atoms with Gasteiger partial charge in [0.25, 0.3) is 0 Å². The first kappa shape index (κ1) is 18.2. The van der Waals surface area contributed by atoms with Crippen molar-refractivity contribution in [2.45, 2.75) is 33.1 Å². The van der Waals surface area contributed by atoms with Crippen molar-refractivity contribution in [1.29, 1.82) is 0 Å². The molecule has 6 heteroatoms. The Hall–Kier alpha value is -2.63. The summed E-state index contributed by atoms with van der Waals surface area (Å²) in [6, 6.07) is 11.7. The van der Waals surface area contributed by atoms with Crippen LogP contribution >= 0.6 is 0 Å². The van der Waals surface area contributed by atoms with Crippen LogP contribution in [0.15, 0.2) is 40.9 Å². The van der Waals surface area contributed by atoms with E-state index in [4.69, 9.17) is 4.52 Å². The van der Waals surface area contributed by atoms with E-state index in [-0.39, 0.29) is 11.8 Å². The summed E-state index contributed by atoms with van der Waals surface area (Å²) in [7, 11) is 0. The normalized spacial score (nSPS) is 20.0. The van der Waals surface area contributed by atoms with Gasteiger partial charge in [-0.25, -0.2) is 0 Å². The summed E-state index contributed by atoms with van der Waals surface area (Å²) >= 11 is 0. The summed E-state index contributed by atoms with van der Waals surface area (Å²) in [6.07, 6.45) is 1.96. The third-order valence-corrected chi connectivity index (χ3v) is 4.98. The molecule has 0 unspecified atom stereocenters. The van der Waals surface area contributed by atoms with Gasteiger partial charge in [0.05, 0.1) is 5.41 Å². The molecule has 0 saturated carbocycles. The molecule has 1 saturated heterocycles. The van der Waals surface area contributed by atoms with Crippen molar-refractivity contribution in [2.24, 2.45) is 5.41 Å². The summed E-state index contributed by atoms with van der Waals surface area (Å²) in [5.41, 5.74) is 1.06. The van der Waals surface area contributed by atoms with Gasteiger partial charge in [0.1, 0.15) is 11.5 Å². The molecule has 138 valence electrons. The summed E-state index contributed by atoms with van der Waals surface area (Å²) in [5, 5.41) is 7.09. The van der Waals surface area contributed by atoms with Gasteiger partial charge in [0.2, 0.25) is 11.8 Å². The molecule has 1 aromatic heterocycles. The number of aromatic nitrogens is 1. The average Bonchev–Trinajstić information content (AvgIpc) is 3.11. The molecule has 0 radical (unpaired) electrons. The van der Waals surface area contributed by atoms with Crippen molar-refractivity contribution in [1.82, 2.24) is 15.4 Å². The van der Waals surface area contributed by atoms with Crippen LogP contribution in [0.5, 0.6) is 0 Å². The maximum absolute atomic E-state index is 12.9. The van der Waals surface area contributed by atoms with E-state index in [1.165, 1.54) is 0 Å². The first-order valence-electron chi connectivity index (χ1n) is 9.09. The molecule has 6 nitrogen and oxygen atoms in total. The number of nitrogens with one attached hydrogen (secondary N) is 1. The standard InChI is InChI=1S/C20H25N3O3/c1-3-21-19(25)20(10-7-11-23(14-20)15(2)24)13-17-12-18(22-26-17)16-8-5-4-6-9-16/h4-6,8-9,12H,3,7,10-11,13-14H2,1-2H3,(H,21,25)/t20-/m0/s1. The lowest BCUT2D eigenvalue weighted by atomic mass is 9.75. The smallest absolute Gasteiger partial charge is 0.228 e. The molecular weight excluding hydrogens is 330 g/mol. The number of nitrogens with zero attached hydrogens (tertiary/aromatic N) is 2. The van der Waals surface area contributed by atoms with E-state index in [1.807, 2.05) is 43.3 Å². The molecule has 2 aromatic rings. The molecule has 1 atom stereocenters. The van der Waals surface area contributed by atoms with E-state index in [2.05, 4.69) is 10.5 Å². The maximum Gasteiger partial charge on any atom is 0.228 e. The van der Waals surface area contributed by atoms with Crippen molar-refractivity contribution >= 4 is 11.8 Å². The van der Waals surface area contributed by atoms with Crippen molar-refractivity contribution in [3.63, 3.8) is 0 Å². The van der Waals surface area contributed by atoms with E-state index in [1.54, 1.807) is 11.8 Å². The highest BCUT2D eigenvalue weighted by molar-refractivity contribution is 5.84. The average molecular weight is 355 g/mol. The fourth-order valence-electron chi connectivity index (χ4n) is 3.63. The van der Waals surface area contributed by atoms with Gasteiger partial charge in [-0.1, -0.05) is 35.5 Å². The Kier molecular flexibility index (Phi) is 5.40. The Bertz CT molecular complexity index is 772. The van der Waals surface area contributed by atoms with Crippen LogP contribution in [-0.2, 0) is 16.0 Å². The topological polar surface area (TPSA) is 75.4 Å². The Labute approximate surface area is 153 Å². The lowest BCUT2D eigenvalue weighted by Gasteiger charge is -2.40. The van der Waals surface area contributed by atoms with Crippen molar-refractivity contribution in [2.75, 3.05) is 19.6 Å². The van der Waals surface area contributed by atoms with Crippen LogP contribution in [0, 0.1) is 5.41 Å². The fourth-order valence-corrected chi connectivity index (χ4v) is 3.63. The van der Waals surface area contributed by atoms with Crippen molar-refractivity contribution < 1.29 is 14.1 Å². The second-order valence-electron chi connectivity index (χ2n) is 6.91. The molecular formula is C20H25N3O3. The molecule has 1 N–H and O–H groups in total. The summed E-state index contributed by atoms with van der Waals surface area (Å²) < 4.78 is 5.54. The SMILES string of the molecule is CCNC(=O)[C@]1(Cc2cc(-c3ccccc3)no2)CCCN(C(C)=O)C1. The van der Waals surface area contributed by atoms with Gasteiger partial charge in [-0.05, 0) is 19.8 Å². The zero-order valence-electron chi connectivity index (χ0n) is 15.3. The van der Waals surface area contributed by atoms with E-state index >= 15 is 0 Å². The lowest BCUT2D eigenvalue weighted by Crippen LogP contribution is -2.54. The predicted molar refractivity (Wildman–Crippen MR) is 98.2 cm³/mol. The minimum Gasteiger partial charge on any atom is -0.361 e. The second-order valence-corrected chi connectivity index (χ2v) is 6.91. The van der Waals surface area contributed by atoms with Gasteiger partial charge in [-0.3, -0.25) is 9.59 Å². The predicted octanol–water partition coefficient (Wildman–Crippen LogP) is 2.65. The van der Waals surface area contributed by atoms with Crippen molar-refractivity contribution in [3.05, 3.63) is 42.2 Å². The number of benzene rings is 1. The molecule has 0 aliphatic carbocycles. The second kappa shape index (κ2) is 7.72. The largest absolute Gasteiger partial charge is 0.361 e. The fraction of sp³-hybridized carbons (Fsp3) is 0.450. The van der Waals surface area contributed by atoms with Gasteiger partial charge in [0, 0.05) is 44.6 Å². The van der Waals surface area contributed by atoms with Gasteiger partial charge in [-0.15, -0.1) is 0 Å². The molecule has 0 spiro atoms. The van der Waals surface area contributed by atoms with E-state index in [0.717, 1.165) is 24.1 Å². The quantitative estimate of drug-likeness (QED) is 0.895. The highest BCUT2D eigenvalue weighted by Crippen LogP contribution is 2.35. The summed E-state index contributed by atoms with van der Waals surface area (Å²) in [6.45, 7) is 5.12. The van der Waals surface area contributed by atoms with Crippen LogP contribution < -0.4 is 5.32 Å². The molecule has 1 aliphatic heterocycles. The van der Waals surface area contributed by atoms with Crippen LogP contribution in [0.1, 0.15) is 32.4 Å². The zero-order chi connectivity index (χ0) is 18.6. The Morgan fingerprint density at radius 3 is 2.77 bits per heavy atom. The first-order chi connectivity index (χ1) is 12.5. The highest BCUT2D eigenvalue weighted by atomic mass is 16.5. The number of amides is 2. The summed E-state index contributed by atoms with van der Waals surface area (Å²) in [5.74, 6) is 0.644. The third kappa shape index (κ3) is 3.79. The van der Waals surface area contributed by atoms with Gasteiger partial charge in [0.15, 0.2) is 0 Å². The molecule has 1 aromatic carbocycles. The molecule has 2 heterocycles. The lowest BCUT2D eigenvalue weighted by molar-refractivity contribution is -0.140. The Morgan fingerprint density at radius 1 is 1.31 bits per heavy atom. The van der Waals surface area contributed by atoms with Crippen LogP contribution in [0.3, 0.4) is 0 Å².